The summed E-state index contributed by atoms with van der Waals surface area (Å²) in [6.45, 7) is 3.37. The van der Waals surface area contributed by atoms with Crippen LogP contribution in [0.5, 0.6) is 17.2 Å². The van der Waals surface area contributed by atoms with Crippen LogP contribution in [0.4, 0.5) is 4.39 Å². The first-order chi connectivity index (χ1) is 17.6. The van der Waals surface area contributed by atoms with E-state index in [1.807, 2.05) is 0 Å². The van der Waals surface area contributed by atoms with Gasteiger partial charge in [0, 0.05) is 16.7 Å². The lowest BCUT2D eigenvalue weighted by Gasteiger charge is -2.17. The zero-order valence-corrected chi connectivity index (χ0v) is 20.0. The van der Waals surface area contributed by atoms with Crippen LogP contribution in [-0.4, -0.2) is 41.1 Å². The van der Waals surface area contributed by atoms with E-state index < -0.39 is 34.7 Å². The number of benzene rings is 3. The Kier molecular flexibility index (Phi) is 6.75. The molecule has 0 bridgehead atoms. The van der Waals surface area contributed by atoms with E-state index in [1.165, 1.54) is 43.7 Å². The molecule has 188 valence electrons. The summed E-state index contributed by atoms with van der Waals surface area (Å²) in [6, 6.07) is 10.8. The van der Waals surface area contributed by atoms with Crippen molar-refractivity contribution in [3.05, 3.63) is 99.2 Å². The Labute approximate surface area is 210 Å². The van der Waals surface area contributed by atoms with Gasteiger partial charge in [-0.05, 0) is 61.4 Å². The van der Waals surface area contributed by atoms with Gasteiger partial charge in [-0.3, -0.25) is 14.4 Å². The van der Waals surface area contributed by atoms with Gasteiger partial charge < -0.3 is 25.6 Å². The lowest BCUT2D eigenvalue weighted by molar-refractivity contribution is 0.0949. The second-order valence-corrected chi connectivity index (χ2v) is 8.27. The number of methoxy groups -OCH3 is 1. The Balaban J connectivity index is 1.45. The van der Waals surface area contributed by atoms with E-state index in [4.69, 9.17) is 4.74 Å². The van der Waals surface area contributed by atoms with E-state index >= 15 is 0 Å². The third kappa shape index (κ3) is 4.90. The van der Waals surface area contributed by atoms with Crippen molar-refractivity contribution in [1.82, 2.24) is 10.6 Å². The van der Waals surface area contributed by atoms with Crippen LogP contribution in [0.2, 0.25) is 0 Å². The van der Waals surface area contributed by atoms with Gasteiger partial charge in [-0.15, -0.1) is 0 Å². The molecule has 3 aromatic carbocycles. The smallest absolute Gasteiger partial charge is 0.256 e. The van der Waals surface area contributed by atoms with Crippen LogP contribution in [0.25, 0.3) is 0 Å². The fourth-order valence-electron chi connectivity index (χ4n) is 3.68. The largest absolute Gasteiger partial charge is 0.507 e. The Morgan fingerprint density at radius 2 is 1.46 bits per heavy atom. The monoisotopic (exact) mass is 503 g/mol. The lowest BCUT2D eigenvalue weighted by Crippen LogP contribution is -2.34. The number of carbonyl (C=O) groups is 3. The van der Waals surface area contributed by atoms with Crippen molar-refractivity contribution >= 4 is 23.8 Å². The molecule has 1 aliphatic rings. The van der Waals surface area contributed by atoms with Crippen LogP contribution in [0.3, 0.4) is 0 Å². The molecule has 0 unspecified atom stereocenters. The number of amides is 2. The Bertz CT molecular complexity index is 1490. The molecule has 2 amide bonds. The number of nitrogens with one attached hydrogen (secondary N) is 2. The van der Waals surface area contributed by atoms with Crippen LogP contribution in [0, 0.1) is 19.7 Å². The second kappa shape index (κ2) is 9.94. The van der Waals surface area contributed by atoms with E-state index in [9.17, 15) is 29.0 Å². The van der Waals surface area contributed by atoms with Crippen molar-refractivity contribution < 1.29 is 33.7 Å². The number of aliphatic imine (C=N–C) groups is 1. The first kappa shape index (κ1) is 25.1. The maximum atomic E-state index is 14.5. The molecule has 1 aliphatic heterocycles. The summed E-state index contributed by atoms with van der Waals surface area (Å²) >= 11 is 0. The van der Waals surface area contributed by atoms with Gasteiger partial charge in [0.2, 0.25) is 0 Å². The molecule has 0 atom stereocenters. The number of allylic oxidation sites excluding steroid dienone is 1. The number of aryl methyl sites for hydroxylation is 2. The lowest BCUT2D eigenvalue weighted by atomic mass is 10.00. The maximum Gasteiger partial charge on any atom is 0.256 e. The van der Waals surface area contributed by atoms with Crippen molar-refractivity contribution in [2.24, 2.45) is 4.99 Å². The molecular formula is C27H22FN3O6. The number of nitrogens with zero attached hydrogens (tertiary/aromatic N) is 1. The average Bonchev–Trinajstić information content (AvgIpc) is 2.87. The molecule has 4 N–H and O–H groups in total. The molecule has 0 saturated heterocycles. The van der Waals surface area contributed by atoms with Gasteiger partial charge in [0.15, 0.2) is 23.2 Å². The summed E-state index contributed by atoms with van der Waals surface area (Å²) < 4.78 is 19.4. The van der Waals surface area contributed by atoms with Crippen molar-refractivity contribution in [3.8, 4) is 17.2 Å². The predicted octanol–water partition coefficient (Wildman–Crippen LogP) is 3.51. The van der Waals surface area contributed by atoms with Crippen LogP contribution < -0.4 is 15.4 Å². The minimum absolute atomic E-state index is 0.0484. The highest BCUT2D eigenvalue weighted by Gasteiger charge is 2.23. The summed E-state index contributed by atoms with van der Waals surface area (Å²) in [4.78, 5) is 42.0. The highest BCUT2D eigenvalue weighted by Crippen LogP contribution is 2.30. The molecule has 0 aliphatic carbocycles. The molecule has 0 fully saturated rings. The van der Waals surface area contributed by atoms with Gasteiger partial charge in [0.1, 0.15) is 22.8 Å². The van der Waals surface area contributed by atoms with Crippen molar-refractivity contribution in [2.45, 2.75) is 13.8 Å². The summed E-state index contributed by atoms with van der Waals surface area (Å²) in [5, 5.41) is 25.1. The number of aromatic hydroxyl groups is 2. The molecule has 4 rings (SSSR count). The van der Waals surface area contributed by atoms with Crippen LogP contribution in [-0.2, 0) is 0 Å². The average molecular weight is 503 g/mol. The summed E-state index contributed by atoms with van der Waals surface area (Å²) in [7, 11) is 1.24. The highest BCUT2D eigenvalue weighted by molar-refractivity contribution is 6.11. The number of hydrogen-bond donors (Lipinski definition) is 4. The standard InChI is InChI=1S/C27H22FN3O6/c1-13-10-17(11-14(2)23(13)33)27(36)30-18-12-29-25(18)31-26(35)16-6-4-15(5-7-16)24(34)21-19(32)8-9-20(37-3)22(21)28/h4-12,32-33H,1-3H3,(H,30,36)(H,29,31,35). The molecule has 0 aromatic heterocycles. The van der Waals surface area contributed by atoms with E-state index in [2.05, 4.69) is 15.6 Å². The number of phenols is 2. The Morgan fingerprint density at radius 3 is 2.03 bits per heavy atom. The number of rotatable bonds is 7. The molecular weight excluding hydrogens is 481 g/mol. The minimum Gasteiger partial charge on any atom is -0.507 e. The molecule has 37 heavy (non-hydrogen) atoms. The highest BCUT2D eigenvalue weighted by atomic mass is 19.1. The van der Waals surface area contributed by atoms with Gasteiger partial charge in [0.25, 0.3) is 11.8 Å². The third-order valence-electron chi connectivity index (χ3n) is 5.75. The summed E-state index contributed by atoms with van der Waals surface area (Å²) in [6.07, 6.45) is 1.38. The van der Waals surface area contributed by atoms with Gasteiger partial charge in [-0.2, -0.15) is 0 Å². The van der Waals surface area contributed by atoms with Gasteiger partial charge in [-0.1, -0.05) is 12.1 Å². The molecule has 1 heterocycles. The zero-order valence-electron chi connectivity index (χ0n) is 20.0. The van der Waals surface area contributed by atoms with Crippen LogP contribution in [0.15, 0.2) is 65.0 Å². The van der Waals surface area contributed by atoms with Crippen LogP contribution >= 0.6 is 0 Å². The fourth-order valence-corrected chi connectivity index (χ4v) is 3.68. The zero-order chi connectivity index (χ0) is 26.9. The van der Waals surface area contributed by atoms with Crippen molar-refractivity contribution in [1.29, 1.82) is 0 Å². The number of halogens is 1. The SMILES string of the molecule is COc1ccc(O)c(C(=O)c2ccc(C(=O)NC3=C(NC(=O)c4cc(C)c(O)c(C)c4)C=N3)cc2)c1F. The number of phenolic OH excluding ortho intramolecular Hbond substituents is 2. The molecule has 0 radical (unpaired) electrons. The van der Waals surface area contributed by atoms with E-state index in [1.54, 1.807) is 26.0 Å². The first-order valence-electron chi connectivity index (χ1n) is 11.0. The Hall–Kier alpha value is -4.99. The first-order valence-corrected chi connectivity index (χ1v) is 11.0. The Morgan fingerprint density at radius 1 is 0.865 bits per heavy atom. The number of hydrogen-bond acceptors (Lipinski definition) is 7. The van der Waals surface area contributed by atoms with Gasteiger partial charge in [-0.25, -0.2) is 9.38 Å². The topological polar surface area (TPSA) is 137 Å². The summed E-state index contributed by atoms with van der Waals surface area (Å²) in [5.41, 5.74) is 1.44. The molecule has 3 aromatic rings. The molecule has 10 heteroatoms. The third-order valence-corrected chi connectivity index (χ3v) is 5.75. The molecule has 9 nitrogen and oxygen atoms in total. The normalized spacial score (nSPS) is 12.1. The van der Waals surface area contributed by atoms with E-state index in [0.29, 0.717) is 22.4 Å². The maximum absolute atomic E-state index is 14.5. The molecule has 0 spiro atoms. The summed E-state index contributed by atoms with van der Waals surface area (Å²) in [5.74, 6) is -3.22. The quantitative estimate of drug-likeness (QED) is 0.364. The van der Waals surface area contributed by atoms with E-state index in [0.717, 1.165) is 6.07 Å². The van der Waals surface area contributed by atoms with Gasteiger partial charge >= 0.3 is 0 Å². The predicted molar refractivity (Wildman–Crippen MR) is 133 cm³/mol. The number of ketones is 1. The second-order valence-electron chi connectivity index (χ2n) is 8.27. The van der Waals surface area contributed by atoms with Crippen molar-refractivity contribution in [3.63, 3.8) is 0 Å². The fraction of sp³-hybridized carbons (Fsp3) is 0.111. The minimum atomic E-state index is -0.990. The van der Waals surface area contributed by atoms with Gasteiger partial charge in [0.05, 0.1) is 13.3 Å². The van der Waals surface area contributed by atoms with Crippen LogP contribution in [0.1, 0.15) is 47.8 Å². The van der Waals surface area contributed by atoms with Crippen molar-refractivity contribution in [2.75, 3.05) is 7.11 Å². The molecule has 0 saturated carbocycles. The van der Waals surface area contributed by atoms with E-state index in [-0.39, 0.29) is 28.4 Å². The number of ether oxygens (including phenoxy) is 1. The number of carbonyl (C=O) groups excluding carboxylic acids is 3.